The topological polar surface area (TPSA) is 26.0 Å². The van der Waals surface area contributed by atoms with Gasteiger partial charge in [-0.25, -0.2) is 0 Å². The van der Waals surface area contributed by atoms with Gasteiger partial charge in [0.15, 0.2) is 0 Å². The molecule has 0 aliphatic rings. The smallest absolute Gasteiger partial charge is 0.0390 e. The van der Waals surface area contributed by atoms with Gasteiger partial charge in [-0.05, 0) is 34.7 Å². The molecule has 0 radical (unpaired) electrons. The van der Waals surface area contributed by atoms with Crippen LogP contribution >= 0.6 is 11.3 Å². The quantitative estimate of drug-likeness (QED) is 0.835. The molecule has 0 amide bonds. The summed E-state index contributed by atoms with van der Waals surface area (Å²) >= 11 is 1.80. The summed E-state index contributed by atoms with van der Waals surface area (Å²) in [5.41, 5.74) is 7.67. The molecule has 2 rings (SSSR count). The number of thiophene rings is 1. The molecular formula is C14H19NS. The Morgan fingerprint density at radius 1 is 1.31 bits per heavy atom. The van der Waals surface area contributed by atoms with Crippen molar-refractivity contribution in [2.75, 3.05) is 0 Å². The lowest BCUT2D eigenvalue weighted by Crippen LogP contribution is -2.19. The normalized spacial score (nSPS) is 15.2. The van der Waals surface area contributed by atoms with Gasteiger partial charge >= 0.3 is 0 Å². The van der Waals surface area contributed by atoms with Crippen LogP contribution in [-0.2, 0) is 0 Å². The average Bonchev–Trinajstić information content (AvgIpc) is 2.76. The monoisotopic (exact) mass is 233 g/mol. The second kappa shape index (κ2) is 4.98. The van der Waals surface area contributed by atoms with Gasteiger partial charge in [0.2, 0.25) is 0 Å². The first kappa shape index (κ1) is 11.6. The summed E-state index contributed by atoms with van der Waals surface area (Å²) in [6.45, 7) is 4.47. The van der Waals surface area contributed by atoms with Gasteiger partial charge in [-0.3, -0.25) is 0 Å². The third kappa shape index (κ3) is 2.13. The maximum Gasteiger partial charge on any atom is 0.0390 e. The molecule has 0 bridgehead atoms. The highest BCUT2D eigenvalue weighted by Crippen LogP contribution is 2.32. The Morgan fingerprint density at radius 2 is 2.12 bits per heavy atom. The van der Waals surface area contributed by atoms with E-state index in [2.05, 4.69) is 43.5 Å². The van der Waals surface area contributed by atoms with Crippen molar-refractivity contribution < 1.29 is 0 Å². The van der Waals surface area contributed by atoms with Crippen molar-refractivity contribution in [1.29, 1.82) is 0 Å². The summed E-state index contributed by atoms with van der Waals surface area (Å²) < 4.78 is 1.36. The predicted octanol–water partition coefficient (Wildman–Crippen LogP) is 4.34. The van der Waals surface area contributed by atoms with E-state index in [4.69, 9.17) is 5.73 Å². The minimum Gasteiger partial charge on any atom is -0.324 e. The summed E-state index contributed by atoms with van der Waals surface area (Å²) in [6.07, 6.45) is 2.40. The number of fused-ring (bicyclic) bond motifs is 1. The Balaban J connectivity index is 2.35. The highest BCUT2D eigenvalue weighted by Gasteiger charge is 2.16. The molecule has 86 valence electrons. The van der Waals surface area contributed by atoms with Crippen LogP contribution in [0.2, 0.25) is 0 Å². The van der Waals surface area contributed by atoms with Crippen molar-refractivity contribution in [3.8, 4) is 0 Å². The summed E-state index contributed by atoms with van der Waals surface area (Å²) in [5, 5.41) is 3.47. The molecule has 16 heavy (non-hydrogen) atoms. The van der Waals surface area contributed by atoms with Gasteiger partial charge in [-0.1, -0.05) is 38.5 Å². The highest BCUT2D eigenvalue weighted by atomic mass is 32.1. The highest BCUT2D eigenvalue weighted by molar-refractivity contribution is 7.17. The van der Waals surface area contributed by atoms with Crippen LogP contribution in [-0.4, -0.2) is 0 Å². The number of hydrogen-bond acceptors (Lipinski definition) is 2. The van der Waals surface area contributed by atoms with Crippen molar-refractivity contribution in [3.63, 3.8) is 0 Å². The number of benzene rings is 1. The molecule has 0 saturated carbocycles. The number of nitrogens with two attached hydrogens (primary N) is 1. The third-order valence-corrected chi connectivity index (χ3v) is 4.20. The first-order valence-electron chi connectivity index (χ1n) is 5.95. The van der Waals surface area contributed by atoms with Gasteiger partial charge in [0.05, 0.1) is 0 Å². The van der Waals surface area contributed by atoms with Crippen LogP contribution in [0.25, 0.3) is 10.1 Å². The van der Waals surface area contributed by atoms with E-state index < -0.39 is 0 Å². The maximum absolute atomic E-state index is 6.36. The van der Waals surface area contributed by atoms with Gasteiger partial charge in [-0.2, -0.15) is 0 Å². The van der Waals surface area contributed by atoms with E-state index in [-0.39, 0.29) is 6.04 Å². The Hall–Kier alpha value is -0.860. The molecule has 2 heteroatoms. The van der Waals surface area contributed by atoms with E-state index in [9.17, 15) is 0 Å². The maximum atomic E-state index is 6.36. The Morgan fingerprint density at radius 3 is 2.88 bits per heavy atom. The fourth-order valence-electron chi connectivity index (χ4n) is 2.22. The molecule has 0 aliphatic heterocycles. The summed E-state index contributed by atoms with van der Waals surface area (Å²) in [5.74, 6) is 0.553. The summed E-state index contributed by atoms with van der Waals surface area (Å²) in [7, 11) is 0. The zero-order chi connectivity index (χ0) is 11.5. The second-order valence-corrected chi connectivity index (χ2v) is 5.39. The third-order valence-electron chi connectivity index (χ3n) is 3.23. The van der Waals surface area contributed by atoms with Gasteiger partial charge < -0.3 is 5.73 Å². The predicted molar refractivity (Wildman–Crippen MR) is 72.8 cm³/mol. The van der Waals surface area contributed by atoms with Gasteiger partial charge in [0, 0.05) is 10.7 Å². The molecule has 2 atom stereocenters. The number of rotatable bonds is 4. The fraction of sp³-hybridized carbons (Fsp3) is 0.429. The van der Waals surface area contributed by atoms with Crippen molar-refractivity contribution >= 4 is 21.4 Å². The Bertz CT molecular complexity index is 460. The minimum absolute atomic E-state index is 0.169. The minimum atomic E-state index is 0.169. The lowest BCUT2D eigenvalue weighted by Gasteiger charge is -2.20. The molecule has 1 aromatic heterocycles. The Kier molecular flexibility index (Phi) is 3.62. The van der Waals surface area contributed by atoms with Gasteiger partial charge in [0.25, 0.3) is 0 Å². The lowest BCUT2D eigenvalue weighted by molar-refractivity contribution is 0.436. The molecular weight excluding hydrogens is 214 g/mol. The molecule has 2 unspecified atom stereocenters. The largest absolute Gasteiger partial charge is 0.324 e. The first-order valence-corrected chi connectivity index (χ1v) is 6.83. The summed E-state index contributed by atoms with van der Waals surface area (Å²) in [4.78, 5) is 0. The van der Waals surface area contributed by atoms with Crippen LogP contribution in [0.5, 0.6) is 0 Å². The molecule has 1 aromatic carbocycles. The zero-order valence-electron chi connectivity index (χ0n) is 9.94. The van der Waals surface area contributed by atoms with Crippen LogP contribution in [0.4, 0.5) is 0 Å². The van der Waals surface area contributed by atoms with E-state index in [1.54, 1.807) is 11.3 Å². The van der Waals surface area contributed by atoms with Crippen molar-refractivity contribution in [1.82, 2.24) is 0 Å². The van der Waals surface area contributed by atoms with Crippen molar-refractivity contribution in [2.24, 2.45) is 11.7 Å². The van der Waals surface area contributed by atoms with Crippen LogP contribution in [0.1, 0.15) is 38.3 Å². The fourth-order valence-corrected chi connectivity index (χ4v) is 3.18. The molecule has 0 aliphatic carbocycles. The van der Waals surface area contributed by atoms with E-state index in [0.29, 0.717) is 5.92 Å². The van der Waals surface area contributed by atoms with Crippen molar-refractivity contribution in [2.45, 2.75) is 32.7 Å². The average molecular weight is 233 g/mol. The standard InChI is InChI=1S/C14H19NS/c1-3-5-10(2)13(15)12-7-4-6-11-8-9-16-14(11)12/h4,6-10,13H,3,5,15H2,1-2H3. The van der Waals surface area contributed by atoms with E-state index >= 15 is 0 Å². The van der Waals surface area contributed by atoms with E-state index in [0.717, 1.165) is 0 Å². The summed E-state index contributed by atoms with van der Waals surface area (Å²) in [6, 6.07) is 8.79. The Labute approximate surface area is 101 Å². The first-order chi connectivity index (χ1) is 7.74. The molecule has 2 N–H and O–H groups in total. The van der Waals surface area contributed by atoms with Gasteiger partial charge in [0.1, 0.15) is 0 Å². The van der Waals surface area contributed by atoms with Crippen LogP contribution in [0, 0.1) is 5.92 Å². The molecule has 0 spiro atoms. The van der Waals surface area contributed by atoms with Gasteiger partial charge in [-0.15, -0.1) is 11.3 Å². The van der Waals surface area contributed by atoms with E-state index in [1.807, 2.05) is 0 Å². The molecule has 1 nitrogen and oxygen atoms in total. The lowest BCUT2D eigenvalue weighted by atomic mass is 9.91. The molecule has 0 fully saturated rings. The molecule has 2 aromatic rings. The van der Waals surface area contributed by atoms with E-state index in [1.165, 1.54) is 28.5 Å². The zero-order valence-corrected chi connectivity index (χ0v) is 10.8. The SMILES string of the molecule is CCCC(C)C(N)c1cccc2ccsc12. The van der Waals surface area contributed by atoms with Crippen molar-refractivity contribution in [3.05, 3.63) is 35.2 Å². The molecule has 1 heterocycles. The molecule has 0 saturated heterocycles. The second-order valence-electron chi connectivity index (χ2n) is 4.48. The van der Waals surface area contributed by atoms with Crippen LogP contribution in [0.3, 0.4) is 0 Å². The van der Waals surface area contributed by atoms with Crippen LogP contribution in [0.15, 0.2) is 29.6 Å². The number of hydrogen-bond donors (Lipinski definition) is 1. The van der Waals surface area contributed by atoms with Crippen LogP contribution < -0.4 is 5.73 Å².